The molecule has 3 rings (SSSR count). The molecule has 0 aromatic heterocycles. The summed E-state index contributed by atoms with van der Waals surface area (Å²) in [5.74, 6) is 1.10. The molecule has 1 heterocycles. The van der Waals surface area contributed by atoms with E-state index in [1.54, 1.807) is 12.1 Å². The van der Waals surface area contributed by atoms with Crippen LogP contribution in [0.2, 0.25) is 0 Å². The smallest absolute Gasteiger partial charge is 0.234 e. The minimum atomic E-state index is -0.261. The molecule has 0 saturated heterocycles. The predicted molar refractivity (Wildman–Crippen MR) is 87.1 cm³/mol. The molecule has 1 amide bonds. The largest absolute Gasteiger partial charge is 0.454 e. The Kier molecular flexibility index (Phi) is 4.96. The second kappa shape index (κ2) is 7.31. The van der Waals surface area contributed by atoms with Crippen molar-refractivity contribution in [2.45, 2.75) is 13.1 Å². The second-order valence-electron chi connectivity index (χ2n) is 5.76. The number of hydrogen-bond donors (Lipinski definition) is 1. The van der Waals surface area contributed by atoms with Gasteiger partial charge in [0.2, 0.25) is 12.7 Å². The highest BCUT2D eigenvalue weighted by molar-refractivity contribution is 5.78. The summed E-state index contributed by atoms with van der Waals surface area (Å²) in [5.41, 5.74) is 1.91. The summed E-state index contributed by atoms with van der Waals surface area (Å²) in [5, 5.41) is 2.88. The van der Waals surface area contributed by atoms with E-state index >= 15 is 0 Å². The molecule has 6 heteroatoms. The van der Waals surface area contributed by atoms with Gasteiger partial charge < -0.3 is 14.8 Å². The van der Waals surface area contributed by atoms with Crippen LogP contribution >= 0.6 is 0 Å². The number of nitrogens with zero attached hydrogens (tertiary/aromatic N) is 1. The van der Waals surface area contributed by atoms with E-state index in [1.165, 1.54) is 12.1 Å². The fraction of sp³-hybridized carbons (Fsp3) is 0.278. The Bertz CT molecular complexity index is 719. The van der Waals surface area contributed by atoms with Gasteiger partial charge in [0.05, 0.1) is 6.54 Å². The molecule has 5 nitrogen and oxygen atoms in total. The molecular weight excluding hydrogens is 311 g/mol. The first-order valence-electron chi connectivity index (χ1n) is 7.68. The summed E-state index contributed by atoms with van der Waals surface area (Å²) >= 11 is 0. The molecule has 0 aliphatic carbocycles. The average Bonchev–Trinajstić information content (AvgIpc) is 3.02. The molecule has 1 N–H and O–H groups in total. The van der Waals surface area contributed by atoms with Gasteiger partial charge in [0.1, 0.15) is 5.82 Å². The van der Waals surface area contributed by atoms with Crippen molar-refractivity contribution in [2.75, 3.05) is 20.4 Å². The SMILES string of the molecule is CN(CC(=O)NCc1ccc2c(c1)OCO2)Cc1ccc(F)cc1. The number of carbonyl (C=O) groups excluding carboxylic acids is 1. The molecule has 0 saturated carbocycles. The highest BCUT2D eigenvalue weighted by Crippen LogP contribution is 2.32. The van der Waals surface area contributed by atoms with Crippen LogP contribution in [0.25, 0.3) is 0 Å². The first-order chi connectivity index (χ1) is 11.6. The normalized spacial score (nSPS) is 12.5. The quantitative estimate of drug-likeness (QED) is 0.883. The lowest BCUT2D eigenvalue weighted by molar-refractivity contribution is -0.122. The maximum atomic E-state index is 12.9. The fourth-order valence-corrected chi connectivity index (χ4v) is 2.51. The summed E-state index contributed by atoms with van der Waals surface area (Å²) in [4.78, 5) is 13.9. The number of ether oxygens (including phenoxy) is 2. The third-order valence-corrected chi connectivity index (χ3v) is 3.71. The van der Waals surface area contributed by atoms with Crippen LogP contribution in [0.3, 0.4) is 0 Å². The van der Waals surface area contributed by atoms with Gasteiger partial charge >= 0.3 is 0 Å². The third-order valence-electron chi connectivity index (χ3n) is 3.71. The number of carbonyl (C=O) groups is 1. The van der Waals surface area contributed by atoms with E-state index in [4.69, 9.17) is 9.47 Å². The zero-order valence-corrected chi connectivity index (χ0v) is 13.4. The number of halogens is 1. The summed E-state index contributed by atoms with van der Waals surface area (Å²) < 4.78 is 23.5. The lowest BCUT2D eigenvalue weighted by atomic mass is 10.2. The zero-order chi connectivity index (χ0) is 16.9. The molecule has 0 unspecified atom stereocenters. The monoisotopic (exact) mass is 330 g/mol. The molecule has 0 atom stereocenters. The molecule has 2 aromatic carbocycles. The van der Waals surface area contributed by atoms with Crippen molar-refractivity contribution in [1.29, 1.82) is 0 Å². The molecule has 1 aliphatic rings. The summed E-state index contributed by atoms with van der Waals surface area (Å²) in [7, 11) is 1.85. The number of benzene rings is 2. The highest BCUT2D eigenvalue weighted by atomic mass is 19.1. The number of fused-ring (bicyclic) bond motifs is 1. The second-order valence-corrected chi connectivity index (χ2v) is 5.76. The number of amides is 1. The van der Waals surface area contributed by atoms with Crippen molar-refractivity contribution in [3.63, 3.8) is 0 Å². The summed E-state index contributed by atoms with van der Waals surface area (Å²) in [6, 6.07) is 11.9. The fourth-order valence-electron chi connectivity index (χ4n) is 2.51. The van der Waals surface area contributed by atoms with Crippen LogP contribution in [0.1, 0.15) is 11.1 Å². The van der Waals surface area contributed by atoms with Gasteiger partial charge in [0.25, 0.3) is 0 Å². The van der Waals surface area contributed by atoms with Gasteiger partial charge in [-0.15, -0.1) is 0 Å². The maximum absolute atomic E-state index is 12.9. The molecule has 0 fully saturated rings. The van der Waals surface area contributed by atoms with Crippen molar-refractivity contribution in [2.24, 2.45) is 0 Å². The topological polar surface area (TPSA) is 50.8 Å². The molecule has 0 spiro atoms. The minimum absolute atomic E-state index is 0.0720. The highest BCUT2D eigenvalue weighted by Gasteiger charge is 2.13. The Hall–Kier alpha value is -2.60. The lowest BCUT2D eigenvalue weighted by Gasteiger charge is -2.16. The zero-order valence-electron chi connectivity index (χ0n) is 13.4. The number of nitrogens with one attached hydrogen (secondary N) is 1. The van der Waals surface area contributed by atoms with Crippen LogP contribution < -0.4 is 14.8 Å². The Labute approximate surface area is 140 Å². The Morgan fingerprint density at radius 1 is 1.12 bits per heavy atom. The Morgan fingerprint density at radius 2 is 1.83 bits per heavy atom. The van der Waals surface area contributed by atoms with Crippen LogP contribution in [-0.2, 0) is 17.9 Å². The van der Waals surface area contributed by atoms with Gasteiger partial charge in [-0.25, -0.2) is 4.39 Å². The maximum Gasteiger partial charge on any atom is 0.234 e. The van der Waals surface area contributed by atoms with Crippen LogP contribution in [0.4, 0.5) is 4.39 Å². The Morgan fingerprint density at radius 3 is 2.62 bits per heavy atom. The van der Waals surface area contributed by atoms with E-state index in [0.29, 0.717) is 18.8 Å². The van der Waals surface area contributed by atoms with E-state index in [9.17, 15) is 9.18 Å². The van der Waals surface area contributed by atoms with E-state index in [1.807, 2.05) is 30.1 Å². The van der Waals surface area contributed by atoms with Gasteiger partial charge in [0.15, 0.2) is 11.5 Å². The van der Waals surface area contributed by atoms with E-state index in [-0.39, 0.29) is 25.1 Å². The number of hydrogen-bond acceptors (Lipinski definition) is 4. The predicted octanol–water partition coefficient (Wildman–Crippen LogP) is 2.30. The minimum Gasteiger partial charge on any atom is -0.454 e. The van der Waals surface area contributed by atoms with Gasteiger partial charge in [-0.2, -0.15) is 0 Å². The molecule has 1 aliphatic heterocycles. The van der Waals surface area contributed by atoms with Crippen LogP contribution in [0, 0.1) is 5.82 Å². The summed E-state index contributed by atoms with van der Waals surface area (Å²) in [6.07, 6.45) is 0. The first-order valence-corrected chi connectivity index (χ1v) is 7.68. The van der Waals surface area contributed by atoms with E-state index < -0.39 is 0 Å². The first kappa shape index (κ1) is 16.3. The van der Waals surface area contributed by atoms with E-state index in [2.05, 4.69) is 5.32 Å². The van der Waals surface area contributed by atoms with Crippen LogP contribution in [0.5, 0.6) is 11.5 Å². The standard InChI is InChI=1S/C18H19FN2O3/c1-21(10-13-2-5-15(19)6-3-13)11-18(22)20-9-14-4-7-16-17(8-14)24-12-23-16/h2-8H,9-12H2,1H3,(H,20,22). The third kappa shape index (κ3) is 4.23. The van der Waals surface area contributed by atoms with Gasteiger partial charge in [-0.1, -0.05) is 18.2 Å². The summed E-state index contributed by atoms with van der Waals surface area (Å²) in [6.45, 7) is 1.51. The van der Waals surface area contributed by atoms with Crippen molar-refractivity contribution in [3.8, 4) is 11.5 Å². The molecule has 0 radical (unpaired) electrons. The van der Waals surface area contributed by atoms with Crippen LogP contribution in [0.15, 0.2) is 42.5 Å². The number of rotatable bonds is 6. The van der Waals surface area contributed by atoms with Gasteiger partial charge in [-0.3, -0.25) is 9.69 Å². The molecule has 126 valence electrons. The van der Waals surface area contributed by atoms with Gasteiger partial charge in [-0.05, 0) is 42.4 Å². The Balaban J connectivity index is 1.46. The molecule has 24 heavy (non-hydrogen) atoms. The molecular formula is C18H19FN2O3. The number of likely N-dealkylation sites (N-methyl/N-ethyl adjacent to an activating group) is 1. The molecule has 2 aromatic rings. The van der Waals surface area contributed by atoms with Crippen molar-refractivity contribution < 1.29 is 18.7 Å². The van der Waals surface area contributed by atoms with Crippen molar-refractivity contribution in [1.82, 2.24) is 10.2 Å². The average molecular weight is 330 g/mol. The molecule has 0 bridgehead atoms. The van der Waals surface area contributed by atoms with Crippen molar-refractivity contribution >= 4 is 5.91 Å². The van der Waals surface area contributed by atoms with E-state index in [0.717, 1.165) is 16.9 Å². The van der Waals surface area contributed by atoms with Crippen LogP contribution in [-0.4, -0.2) is 31.2 Å². The lowest BCUT2D eigenvalue weighted by Crippen LogP contribution is -2.34. The van der Waals surface area contributed by atoms with Gasteiger partial charge in [0, 0.05) is 13.1 Å². The van der Waals surface area contributed by atoms with Crippen molar-refractivity contribution in [3.05, 3.63) is 59.4 Å².